The van der Waals surface area contributed by atoms with Crippen LogP contribution in [0.15, 0.2) is 24.3 Å². The smallest absolute Gasteiger partial charge is 0.341 e. The van der Waals surface area contributed by atoms with Gasteiger partial charge in [-0.25, -0.2) is 4.79 Å². The van der Waals surface area contributed by atoms with E-state index in [0.717, 1.165) is 0 Å². The lowest BCUT2D eigenvalue weighted by Gasteiger charge is -2.11. The zero-order valence-electron chi connectivity index (χ0n) is 10.5. The summed E-state index contributed by atoms with van der Waals surface area (Å²) in [6.45, 7) is -0.488. The highest BCUT2D eigenvalue weighted by atomic mass is 16.5. The van der Waals surface area contributed by atoms with Crippen LogP contribution in [0.1, 0.15) is 6.42 Å². The van der Waals surface area contributed by atoms with E-state index in [1.54, 1.807) is 18.2 Å². The zero-order chi connectivity index (χ0) is 15.1. The first-order valence-electron chi connectivity index (χ1n) is 5.68. The number of nitrogens with two attached hydrogens (primary N) is 2. The van der Waals surface area contributed by atoms with Gasteiger partial charge in [-0.2, -0.15) is 0 Å². The number of rotatable bonds is 7. The average Bonchev–Trinajstić information content (AvgIpc) is 2.36. The molecule has 108 valence electrons. The van der Waals surface area contributed by atoms with Crippen LogP contribution in [0.25, 0.3) is 0 Å². The van der Waals surface area contributed by atoms with Crippen molar-refractivity contribution in [3.63, 3.8) is 0 Å². The van der Waals surface area contributed by atoms with E-state index in [9.17, 15) is 14.4 Å². The zero-order valence-corrected chi connectivity index (χ0v) is 10.5. The molecule has 6 N–H and O–H groups in total. The van der Waals surface area contributed by atoms with Gasteiger partial charge in [0.25, 0.3) is 0 Å². The van der Waals surface area contributed by atoms with Gasteiger partial charge < -0.3 is 26.6 Å². The van der Waals surface area contributed by atoms with Crippen LogP contribution in [0.3, 0.4) is 0 Å². The van der Waals surface area contributed by atoms with E-state index in [0.29, 0.717) is 5.69 Å². The molecule has 0 heterocycles. The second-order valence-corrected chi connectivity index (χ2v) is 3.98. The number of amides is 2. The molecule has 1 unspecified atom stereocenters. The van der Waals surface area contributed by atoms with Gasteiger partial charge in [0.1, 0.15) is 5.75 Å². The Hall–Kier alpha value is -2.61. The molecule has 8 heteroatoms. The topological polar surface area (TPSA) is 145 Å². The summed E-state index contributed by atoms with van der Waals surface area (Å²) in [5.41, 5.74) is 10.8. The van der Waals surface area contributed by atoms with Crippen molar-refractivity contribution < 1.29 is 24.2 Å². The first kappa shape index (κ1) is 15.4. The monoisotopic (exact) mass is 281 g/mol. The minimum absolute atomic E-state index is 0.263. The first-order chi connectivity index (χ1) is 9.38. The molecule has 0 aromatic heterocycles. The number of benzene rings is 1. The van der Waals surface area contributed by atoms with Crippen molar-refractivity contribution in [1.82, 2.24) is 0 Å². The maximum atomic E-state index is 11.6. The van der Waals surface area contributed by atoms with Crippen molar-refractivity contribution in [3.05, 3.63) is 24.3 Å². The second kappa shape index (κ2) is 7.10. The molecule has 0 bridgehead atoms. The van der Waals surface area contributed by atoms with Gasteiger partial charge in [0, 0.05) is 11.8 Å². The van der Waals surface area contributed by atoms with Crippen LogP contribution in [-0.4, -0.2) is 35.5 Å². The SMILES string of the molecule is NC(=O)CC(N)C(=O)Nc1cccc(OCC(=O)O)c1. The largest absolute Gasteiger partial charge is 0.482 e. The molecule has 0 aliphatic heterocycles. The number of hydrogen-bond donors (Lipinski definition) is 4. The molecule has 0 radical (unpaired) electrons. The van der Waals surface area contributed by atoms with Gasteiger partial charge in [-0.15, -0.1) is 0 Å². The number of nitrogens with one attached hydrogen (secondary N) is 1. The lowest BCUT2D eigenvalue weighted by atomic mass is 10.2. The standard InChI is InChI=1S/C12H15N3O5/c13-9(5-10(14)16)12(19)15-7-2-1-3-8(4-7)20-6-11(17)18/h1-4,9H,5-6,13H2,(H2,14,16)(H,15,19)(H,17,18). The summed E-state index contributed by atoms with van der Waals surface area (Å²) in [4.78, 5) is 32.7. The summed E-state index contributed by atoms with van der Waals surface area (Å²) < 4.78 is 4.96. The van der Waals surface area contributed by atoms with E-state index in [1.165, 1.54) is 6.07 Å². The first-order valence-corrected chi connectivity index (χ1v) is 5.68. The Morgan fingerprint density at radius 3 is 2.65 bits per heavy atom. The third kappa shape index (κ3) is 5.36. The Balaban J connectivity index is 2.63. The molecule has 1 aromatic rings. The van der Waals surface area contributed by atoms with Crippen molar-refractivity contribution in [2.24, 2.45) is 11.5 Å². The summed E-state index contributed by atoms with van der Waals surface area (Å²) in [6.07, 6.45) is -0.263. The molecule has 0 saturated heterocycles. The van der Waals surface area contributed by atoms with Gasteiger partial charge in [0.05, 0.1) is 12.5 Å². The Labute approximate surface area is 114 Å². The molecule has 0 spiro atoms. The fraction of sp³-hybridized carbons (Fsp3) is 0.250. The second-order valence-electron chi connectivity index (χ2n) is 3.98. The Morgan fingerprint density at radius 2 is 2.05 bits per heavy atom. The van der Waals surface area contributed by atoms with Crippen molar-refractivity contribution >= 4 is 23.5 Å². The number of carbonyl (C=O) groups excluding carboxylic acids is 2. The van der Waals surface area contributed by atoms with Gasteiger partial charge in [0.2, 0.25) is 11.8 Å². The number of carboxylic acids is 1. The fourth-order valence-electron chi connectivity index (χ4n) is 1.35. The highest BCUT2D eigenvalue weighted by molar-refractivity contribution is 5.97. The molecule has 2 amide bonds. The van der Waals surface area contributed by atoms with E-state index < -0.39 is 30.4 Å². The molecule has 1 aromatic carbocycles. The number of aliphatic carboxylic acids is 1. The van der Waals surface area contributed by atoms with Crippen molar-refractivity contribution in [3.8, 4) is 5.75 Å². The van der Waals surface area contributed by atoms with E-state index >= 15 is 0 Å². The Bertz CT molecular complexity index is 518. The maximum Gasteiger partial charge on any atom is 0.341 e. The number of hydrogen-bond acceptors (Lipinski definition) is 5. The fourth-order valence-corrected chi connectivity index (χ4v) is 1.35. The number of carboxylic acid groups (broad SMARTS) is 1. The van der Waals surface area contributed by atoms with E-state index in [1.807, 2.05) is 0 Å². The predicted octanol–water partition coefficient (Wildman–Crippen LogP) is -0.709. The third-order valence-corrected chi connectivity index (χ3v) is 2.22. The normalized spacial score (nSPS) is 11.4. The molecule has 8 nitrogen and oxygen atoms in total. The maximum absolute atomic E-state index is 11.6. The van der Waals surface area contributed by atoms with Crippen LogP contribution in [0.4, 0.5) is 5.69 Å². The Kier molecular flexibility index (Phi) is 5.48. The molecule has 1 rings (SSSR count). The summed E-state index contributed by atoms with van der Waals surface area (Å²) in [5.74, 6) is -2.07. The summed E-state index contributed by atoms with van der Waals surface area (Å²) >= 11 is 0. The number of carbonyl (C=O) groups is 3. The van der Waals surface area contributed by atoms with E-state index in [4.69, 9.17) is 21.3 Å². The quantitative estimate of drug-likeness (QED) is 0.519. The minimum Gasteiger partial charge on any atom is -0.482 e. The highest BCUT2D eigenvalue weighted by Crippen LogP contribution is 2.17. The van der Waals surface area contributed by atoms with Gasteiger partial charge in [-0.3, -0.25) is 9.59 Å². The molecule has 0 aliphatic rings. The Morgan fingerprint density at radius 1 is 1.35 bits per heavy atom. The van der Waals surface area contributed by atoms with Crippen LogP contribution in [0, 0.1) is 0 Å². The number of anilines is 1. The lowest BCUT2D eigenvalue weighted by molar-refractivity contribution is -0.139. The van der Waals surface area contributed by atoms with Gasteiger partial charge >= 0.3 is 5.97 Å². The van der Waals surface area contributed by atoms with E-state index in [-0.39, 0.29) is 12.2 Å². The van der Waals surface area contributed by atoms with Gasteiger partial charge in [-0.1, -0.05) is 6.07 Å². The molecule has 1 atom stereocenters. The van der Waals surface area contributed by atoms with Crippen molar-refractivity contribution in [1.29, 1.82) is 0 Å². The van der Waals surface area contributed by atoms with Crippen molar-refractivity contribution in [2.75, 3.05) is 11.9 Å². The summed E-state index contributed by atoms with van der Waals surface area (Å²) in [5, 5.41) is 11.0. The summed E-state index contributed by atoms with van der Waals surface area (Å²) in [7, 11) is 0. The predicted molar refractivity (Wildman–Crippen MR) is 70.0 cm³/mol. The van der Waals surface area contributed by atoms with E-state index in [2.05, 4.69) is 5.32 Å². The third-order valence-electron chi connectivity index (χ3n) is 2.22. The molecular formula is C12H15N3O5. The van der Waals surface area contributed by atoms with Gasteiger partial charge in [-0.05, 0) is 12.1 Å². The molecule has 20 heavy (non-hydrogen) atoms. The molecular weight excluding hydrogens is 266 g/mol. The molecule has 0 aliphatic carbocycles. The van der Waals surface area contributed by atoms with Crippen LogP contribution in [-0.2, 0) is 14.4 Å². The van der Waals surface area contributed by atoms with Crippen LogP contribution < -0.4 is 21.5 Å². The van der Waals surface area contributed by atoms with Crippen LogP contribution in [0.5, 0.6) is 5.75 Å². The van der Waals surface area contributed by atoms with Crippen LogP contribution >= 0.6 is 0 Å². The molecule has 0 saturated carbocycles. The summed E-state index contributed by atoms with van der Waals surface area (Å²) in [6, 6.07) is 5.09. The average molecular weight is 281 g/mol. The van der Waals surface area contributed by atoms with Crippen LogP contribution in [0.2, 0.25) is 0 Å². The lowest BCUT2D eigenvalue weighted by Crippen LogP contribution is -2.38. The number of ether oxygens (including phenoxy) is 1. The highest BCUT2D eigenvalue weighted by Gasteiger charge is 2.16. The van der Waals surface area contributed by atoms with Crippen molar-refractivity contribution in [2.45, 2.75) is 12.5 Å². The van der Waals surface area contributed by atoms with Gasteiger partial charge in [0.15, 0.2) is 6.61 Å². The molecule has 0 fully saturated rings. The number of primary amides is 1. The minimum atomic E-state index is -1.11.